The first kappa shape index (κ1) is 22.0. The number of rotatable bonds is 9. The summed E-state index contributed by atoms with van der Waals surface area (Å²) in [6.07, 6.45) is 4.25. The van der Waals surface area contributed by atoms with E-state index in [4.69, 9.17) is 21.1 Å². The first-order valence-corrected chi connectivity index (χ1v) is 9.88. The van der Waals surface area contributed by atoms with Crippen LogP contribution in [0.3, 0.4) is 0 Å². The summed E-state index contributed by atoms with van der Waals surface area (Å²) in [5, 5.41) is 2.89. The van der Waals surface area contributed by atoms with E-state index in [1.54, 1.807) is 25.1 Å². The van der Waals surface area contributed by atoms with Crippen LogP contribution in [0.4, 0.5) is 5.69 Å². The van der Waals surface area contributed by atoms with Gasteiger partial charge in [0, 0.05) is 18.5 Å². The summed E-state index contributed by atoms with van der Waals surface area (Å²) in [4.78, 5) is 33.2. The van der Waals surface area contributed by atoms with Crippen LogP contribution >= 0.6 is 11.6 Å². The Morgan fingerprint density at radius 3 is 2.55 bits per heavy atom. The molecule has 8 heteroatoms. The number of Topliss-reactive ketones (excluding diaryl/α,β-unsaturated/α-hetero) is 1. The molecule has 0 aliphatic rings. The molecule has 0 fully saturated rings. The molecule has 0 aliphatic carbocycles. The number of halogens is 1. The van der Waals surface area contributed by atoms with Crippen LogP contribution in [0.1, 0.15) is 22.8 Å². The van der Waals surface area contributed by atoms with Crippen LogP contribution in [0.15, 0.2) is 78.8 Å². The van der Waals surface area contributed by atoms with E-state index in [9.17, 15) is 9.59 Å². The van der Waals surface area contributed by atoms with Crippen LogP contribution in [0.5, 0.6) is 5.88 Å². The Labute approximate surface area is 184 Å². The zero-order valence-electron chi connectivity index (χ0n) is 16.7. The van der Waals surface area contributed by atoms with Gasteiger partial charge in [-0.05, 0) is 30.7 Å². The Bertz CT molecular complexity index is 1070. The average Bonchev–Trinajstić information content (AvgIpc) is 2.79. The first-order chi connectivity index (χ1) is 15.1. The molecule has 0 spiro atoms. The van der Waals surface area contributed by atoms with Crippen molar-refractivity contribution < 1.29 is 19.1 Å². The highest BCUT2D eigenvalue weighted by molar-refractivity contribution is 6.36. The Morgan fingerprint density at radius 2 is 1.87 bits per heavy atom. The topological polar surface area (TPSA) is 90.4 Å². The number of hydrogen-bond acceptors (Lipinski definition) is 7. The highest BCUT2D eigenvalue weighted by Crippen LogP contribution is 2.19. The van der Waals surface area contributed by atoms with Gasteiger partial charge in [0.2, 0.25) is 11.7 Å². The quantitative estimate of drug-likeness (QED) is 0.132. The smallest absolute Gasteiger partial charge is 0.343 e. The number of benzene rings is 1. The van der Waals surface area contributed by atoms with Crippen molar-refractivity contribution in [1.82, 2.24) is 9.97 Å². The fourth-order valence-electron chi connectivity index (χ4n) is 2.56. The molecule has 1 aromatic carbocycles. The molecule has 0 saturated carbocycles. The number of hydrogen-bond donors (Lipinski definition) is 1. The third kappa shape index (κ3) is 6.13. The second kappa shape index (κ2) is 10.9. The van der Waals surface area contributed by atoms with E-state index < -0.39 is 11.8 Å². The van der Waals surface area contributed by atoms with Crippen LogP contribution in [-0.2, 0) is 16.1 Å². The Morgan fingerprint density at radius 1 is 1.06 bits per heavy atom. The Kier molecular flexibility index (Phi) is 7.73. The molecule has 2 aromatic heterocycles. The predicted octanol–water partition coefficient (Wildman–Crippen LogP) is 4.45. The fourth-order valence-corrected chi connectivity index (χ4v) is 2.77. The van der Waals surface area contributed by atoms with Crippen LogP contribution in [0.2, 0.25) is 5.15 Å². The first-order valence-electron chi connectivity index (χ1n) is 9.50. The molecule has 0 aliphatic heterocycles. The number of pyridine rings is 2. The van der Waals surface area contributed by atoms with Gasteiger partial charge in [-0.1, -0.05) is 41.9 Å². The lowest BCUT2D eigenvalue weighted by molar-refractivity contribution is -0.138. The van der Waals surface area contributed by atoms with Crippen molar-refractivity contribution in [1.29, 1.82) is 0 Å². The van der Waals surface area contributed by atoms with Gasteiger partial charge in [0.25, 0.3) is 0 Å². The summed E-state index contributed by atoms with van der Waals surface area (Å²) in [6.45, 7) is 2.18. The Hall–Kier alpha value is -3.71. The fraction of sp³-hybridized carbons (Fsp3) is 0.130. The van der Waals surface area contributed by atoms with Gasteiger partial charge in [-0.3, -0.25) is 4.79 Å². The summed E-state index contributed by atoms with van der Waals surface area (Å²) in [6, 6.07) is 16.2. The van der Waals surface area contributed by atoms with Crippen molar-refractivity contribution in [3.8, 4) is 5.88 Å². The number of aromatic nitrogens is 2. The number of anilines is 1. The number of nitrogens with zero attached hydrogens (tertiary/aromatic N) is 2. The molecule has 3 aromatic rings. The number of ether oxygens (including phenoxy) is 2. The van der Waals surface area contributed by atoms with E-state index in [1.165, 1.54) is 24.7 Å². The van der Waals surface area contributed by atoms with Crippen LogP contribution in [0, 0.1) is 0 Å². The van der Waals surface area contributed by atoms with Crippen molar-refractivity contribution in [3.63, 3.8) is 0 Å². The lowest BCUT2D eigenvalue weighted by Gasteiger charge is -2.09. The molecule has 1 N–H and O–H groups in total. The minimum Gasteiger partial charge on any atom is -0.473 e. The number of carbonyl (C=O) groups is 2. The van der Waals surface area contributed by atoms with E-state index in [2.05, 4.69) is 15.3 Å². The second-order valence-electron chi connectivity index (χ2n) is 6.25. The molecule has 158 valence electrons. The highest BCUT2D eigenvalue weighted by atomic mass is 35.5. The summed E-state index contributed by atoms with van der Waals surface area (Å²) in [5.41, 5.74) is 1.48. The second-order valence-corrected chi connectivity index (χ2v) is 6.61. The third-order valence-electron chi connectivity index (χ3n) is 4.09. The van der Waals surface area contributed by atoms with Gasteiger partial charge in [0.15, 0.2) is 0 Å². The van der Waals surface area contributed by atoms with Gasteiger partial charge >= 0.3 is 5.97 Å². The van der Waals surface area contributed by atoms with Crippen LogP contribution < -0.4 is 10.1 Å². The molecule has 0 atom stereocenters. The molecule has 31 heavy (non-hydrogen) atoms. The number of ketones is 1. The molecule has 0 radical (unpaired) electrons. The van der Waals surface area contributed by atoms with Crippen molar-refractivity contribution in [3.05, 3.63) is 95.0 Å². The monoisotopic (exact) mass is 437 g/mol. The average molecular weight is 438 g/mol. The zero-order valence-corrected chi connectivity index (χ0v) is 17.5. The number of nitrogens with one attached hydrogen (secondary N) is 1. The Balaban J connectivity index is 1.71. The molecule has 0 bridgehead atoms. The van der Waals surface area contributed by atoms with Crippen molar-refractivity contribution in [2.45, 2.75) is 13.5 Å². The predicted molar refractivity (Wildman–Crippen MR) is 117 cm³/mol. The normalized spacial score (nSPS) is 11.0. The van der Waals surface area contributed by atoms with Gasteiger partial charge in [0.1, 0.15) is 17.3 Å². The highest BCUT2D eigenvalue weighted by Gasteiger charge is 2.23. The minimum atomic E-state index is -0.768. The van der Waals surface area contributed by atoms with Crippen LogP contribution in [-0.4, -0.2) is 28.3 Å². The van der Waals surface area contributed by atoms with E-state index in [-0.39, 0.29) is 22.9 Å². The van der Waals surface area contributed by atoms with Gasteiger partial charge in [-0.2, -0.15) is 0 Å². The maximum Gasteiger partial charge on any atom is 0.343 e. The van der Waals surface area contributed by atoms with Gasteiger partial charge in [0.05, 0.1) is 24.1 Å². The molecule has 2 heterocycles. The SMILES string of the molecule is CCOC(=O)/C(=C/Nc1ccc(OCc2ccccc2)nc1)C(=O)c1cccnc1Cl. The van der Waals surface area contributed by atoms with Crippen molar-refractivity contribution in [2.24, 2.45) is 0 Å². The molecule has 3 rings (SSSR count). The summed E-state index contributed by atoms with van der Waals surface area (Å²) in [7, 11) is 0. The molecular weight excluding hydrogens is 418 g/mol. The maximum absolute atomic E-state index is 12.8. The molecule has 0 amide bonds. The summed E-state index contributed by atoms with van der Waals surface area (Å²) >= 11 is 6.00. The van der Waals surface area contributed by atoms with Gasteiger partial charge in [-0.15, -0.1) is 0 Å². The molecule has 0 unspecified atom stereocenters. The summed E-state index contributed by atoms with van der Waals surface area (Å²) in [5.74, 6) is -0.919. The zero-order chi connectivity index (χ0) is 22.1. The minimum absolute atomic E-state index is 0.00397. The van der Waals surface area contributed by atoms with Gasteiger partial charge < -0.3 is 14.8 Å². The maximum atomic E-state index is 12.8. The van der Waals surface area contributed by atoms with E-state index in [1.807, 2.05) is 30.3 Å². The van der Waals surface area contributed by atoms with Crippen LogP contribution in [0.25, 0.3) is 0 Å². The third-order valence-corrected chi connectivity index (χ3v) is 4.39. The molecular formula is C23H20ClN3O4. The largest absolute Gasteiger partial charge is 0.473 e. The van der Waals surface area contributed by atoms with Crippen molar-refractivity contribution in [2.75, 3.05) is 11.9 Å². The van der Waals surface area contributed by atoms with E-state index >= 15 is 0 Å². The lowest BCUT2D eigenvalue weighted by Crippen LogP contribution is -2.18. The van der Waals surface area contributed by atoms with E-state index in [0.29, 0.717) is 18.2 Å². The lowest BCUT2D eigenvalue weighted by atomic mass is 10.1. The number of carbonyl (C=O) groups excluding carboxylic acids is 2. The van der Waals surface area contributed by atoms with Crippen molar-refractivity contribution >= 4 is 29.0 Å². The molecule has 7 nitrogen and oxygen atoms in total. The van der Waals surface area contributed by atoms with E-state index in [0.717, 1.165) is 5.56 Å². The standard InChI is InChI=1S/C23H20ClN3O4/c1-2-30-23(29)19(21(28)18-9-6-12-25-22(18)24)14-26-17-10-11-20(27-13-17)31-15-16-7-4-3-5-8-16/h3-14,26H,2,15H2,1H3/b19-14+. The van der Waals surface area contributed by atoms with Gasteiger partial charge in [-0.25, -0.2) is 14.8 Å². The summed E-state index contributed by atoms with van der Waals surface area (Å²) < 4.78 is 10.6. The number of esters is 1. The molecule has 0 saturated heterocycles.